The lowest BCUT2D eigenvalue weighted by Crippen LogP contribution is -2.04. The van der Waals surface area contributed by atoms with Gasteiger partial charge in [-0.3, -0.25) is 0 Å². The van der Waals surface area contributed by atoms with Crippen LogP contribution >= 0.6 is 22.9 Å². The highest BCUT2D eigenvalue weighted by Gasteiger charge is 2.29. The first-order valence-corrected chi connectivity index (χ1v) is 8.40. The molecule has 1 fully saturated rings. The highest BCUT2D eigenvalue weighted by Crippen LogP contribution is 2.41. The van der Waals surface area contributed by atoms with Gasteiger partial charge in [-0.15, -0.1) is 11.3 Å². The first kappa shape index (κ1) is 13.2. The Labute approximate surface area is 132 Å². The van der Waals surface area contributed by atoms with Crippen LogP contribution < -0.4 is 5.73 Å². The summed E-state index contributed by atoms with van der Waals surface area (Å²) in [5, 5.41) is 0. The molecule has 1 aliphatic rings. The summed E-state index contributed by atoms with van der Waals surface area (Å²) in [6.45, 7) is 0.948. The largest absolute Gasteiger partial charge is 0.399 e. The van der Waals surface area contributed by atoms with Crippen molar-refractivity contribution in [3.63, 3.8) is 0 Å². The Morgan fingerprint density at radius 3 is 2.86 bits per heavy atom. The van der Waals surface area contributed by atoms with Gasteiger partial charge in [-0.2, -0.15) is 0 Å². The molecular formula is C16H16ClN3S. The standard InChI is InChI=1S/C16H16ClN3S/c17-15-6-4-12(21-15)7-8-20-14-5-3-11(18)9-13(14)19-16(20)10-1-2-10/h3-6,9-10H,1-2,7-8,18H2. The lowest BCUT2D eigenvalue weighted by Gasteiger charge is -2.08. The Balaban J connectivity index is 1.70. The number of hydrogen-bond acceptors (Lipinski definition) is 3. The van der Waals surface area contributed by atoms with Crippen molar-refractivity contribution in [2.75, 3.05) is 5.73 Å². The molecule has 2 aromatic heterocycles. The molecule has 0 radical (unpaired) electrons. The van der Waals surface area contributed by atoms with E-state index in [0.29, 0.717) is 5.92 Å². The molecule has 2 N–H and O–H groups in total. The Kier molecular flexibility index (Phi) is 3.16. The van der Waals surface area contributed by atoms with Crippen molar-refractivity contribution in [2.45, 2.75) is 31.7 Å². The number of aryl methyl sites for hydroxylation is 2. The Bertz CT molecular complexity index is 801. The quantitative estimate of drug-likeness (QED) is 0.722. The lowest BCUT2D eigenvalue weighted by molar-refractivity contribution is 0.675. The van der Waals surface area contributed by atoms with Crippen LogP contribution in [-0.4, -0.2) is 9.55 Å². The zero-order valence-corrected chi connectivity index (χ0v) is 13.1. The van der Waals surface area contributed by atoms with Gasteiger partial charge in [0.1, 0.15) is 5.82 Å². The van der Waals surface area contributed by atoms with Crippen molar-refractivity contribution in [3.05, 3.63) is 45.4 Å². The zero-order chi connectivity index (χ0) is 14.4. The van der Waals surface area contributed by atoms with E-state index in [-0.39, 0.29) is 0 Å². The summed E-state index contributed by atoms with van der Waals surface area (Å²) >= 11 is 7.67. The van der Waals surface area contributed by atoms with Crippen molar-refractivity contribution >= 4 is 39.7 Å². The number of fused-ring (bicyclic) bond motifs is 1. The smallest absolute Gasteiger partial charge is 0.113 e. The number of nitrogen functional groups attached to an aromatic ring is 1. The van der Waals surface area contributed by atoms with E-state index in [9.17, 15) is 0 Å². The van der Waals surface area contributed by atoms with E-state index in [1.165, 1.54) is 29.1 Å². The van der Waals surface area contributed by atoms with Crippen LogP contribution in [-0.2, 0) is 13.0 Å². The average molecular weight is 318 g/mol. The van der Waals surface area contributed by atoms with Gasteiger partial charge in [-0.25, -0.2) is 4.98 Å². The number of nitrogens with zero attached hydrogens (tertiary/aromatic N) is 2. The Hall–Kier alpha value is -1.52. The molecule has 3 aromatic rings. The molecule has 1 aromatic carbocycles. The van der Waals surface area contributed by atoms with Crippen LogP contribution in [0.15, 0.2) is 30.3 Å². The van der Waals surface area contributed by atoms with Gasteiger partial charge in [0.05, 0.1) is 15.4 Å². The van der Waals surface area contributed by atoms with E-state index in [1.807, 2.05) is 18.2 Å². The van der Waals surface area contributed by atoms with Crippen molar-refractivity contribution < 1.29 is 0 Å². The molecule has 1 aliphatic carbocycles. The highest BCUT2D eigenvalue weighted by molar-refractivity contribution is 7.16. The summed E-state index contributed by atoms with van der Waals surface area (Å²) in [5.41, 5.74) is 8.86. The van der Waals surface area contributed by atoms with Crippen molar-refractivity contribution in [3.8, 4) is 0 Å². The number of anilines is 1. The second kappa shape index (κ2) is 5.04. The number of imidazole rings is 1. The van der Waals surface area contributed by atoms with Gasteiger partial charge in [0, 0.05) is 23.0 Å². The van der Waals surface area contributed by atoms with Gasteiger partial charge in [0.2, 0.25) is 0 Å². The minimum absolute atomic E-state index is 0.630. The third kappa shape index (κ3) is 2.54. The van der Waals surface area contributed by atoms with Crippen molar-refractivity contribution in [1.82, 2.24) is 9.55 Å². The highest BCUT2D eigenvalue weighted by atomic mass is 35.5. The van der Waals surface area contributed by atoms with Crippen LogP contribution in [0.25, 0.3) is 11.0 Å². The number of hydrogen-bond donors (Lipinski definition) is 1. The van der Waals surface area contributed by atoms with Gasteiger partial charge in [-0.1, -0.05) is 11.6 Å². The minimum Gasteiger partial charge on any atom is -0.399 e. The summed E-state index contributed by atoms with van der Waals surface area (Å²) < 4.78 is 3.22. The Morgan fingerprint density at radius 2 is 2.14 bits per heavy atom. The molecule has 4 rings (SSSR count). The van der Waals surface area contributed by atoms with Crippen LogP contribution in [0.3, 0.4) is 0 Å². The summed E-state index contributed by atoms with van der Waals surface area (Å²) in [7, 11) is 0. The second-order valence-corrected chi connectivity index (χ2v) is 7.40. The zero-order valence-electron chi connectivity index (χ0n) is 11.6. The summed E-state index contributed by atoms with van der Waals surface area (Å²) in [5.74, 6) is 1.85. The third-order valence-electron chi connectivity index (χ3n) is 3.95. The maximum absolute atomic E-state index is 6.01. The molecule has 0 spiro atoms. The molecule has 1 saturated carbocycles. The maximum atomic E-state index is 6.01. The van der Waals surface area contributed by atoms with E-state index in [2.05, 4.69) is 16.7 Å². The summed E-state index contributed by atoms with van der Waals surface area (Å²) in [4.78, 5) is 6.13. The van der Waals surface area contributed by atoms with E-state index in [1.54, 1.807) is 11.3 Å². The van der Waals surface area contributed by atoms with Gasteiger partial charge in [-0.05, 0) is 49.6 Å². The predicted molar refractivity (Wildman–Crippen MR) is 89.2 cm³/mol. The lowest BCUT2D eigenvalue weighted by atomic mass is 10.2. The average Bonchev–Trinajstić information content (AvgIpc) is 3.13. The van der Waals surface area contributed by atoms with Crippen LogP contribution in [0.2, 0.25) is 4.34 Å². The molecule has 0 atom stereocenters. The number of thiophene rings is 1. The number of aromatic nitrogens is 2. The fourth-order valence-electron chi connectivity index (χ4n) is 2.76. The second-order valence-electron chi connectivity index (χ2n) is 5.60. The summed E-state index contributed by atoms with van der Waals surface area (Å²) in [6, 6.07) is 10.1. The maximum Gasteiger partial charge on any atom is 0.113 e. The molecule has 2 heterocycles. The molecule has 0 aliphatic heterocycles. The van der Waals surface area contributed by atoms with Gasteiger partial charge in [0.15, 0.2) is 0 Å². The van der Waals surface area contributed by atoms with Crippen LogP contribution in [0.1, 0.15) is 29.5 Å². The van der Waals surface area contributed by atoms with E-state index < -0.39 is 0 Å². The Morgan fingerprint density at radius 1 is 1.29 bits per heavy atom. The molecule has 0 amide bonds. The minimum atomic E-state index is 0.630. The fraction of sp³-hybridized carbons (Fsp3) is 0.312. The van der Waals surface area contributed by atoms with Gasteiger partial charge in [0.25, 0.3) is 0 Å². The first-order chi connectivity index (χ1) is 10.2. The molecule has 0 bridgehead atoms. The third-order valence-corrected chi connectivity index (χ3v) is 5.25. The molecule has 3 nitrogen and oxygen atoms in total. The van der Waals surface area contributed by atoms with E-state index in [4.69, 9.17) is 22.3 Å². The molecule has 108 valence electrons. The first-order valence-electron chi connectivity index (χ1n) is 7.20. The molecule has 21 heavy (non-hydrogen) atoms. The summed E-state index contributed by atoms with van der Waals surface area (Å²) in [6.07, 6.45) is 3.50. The van der Waals surface area contributed by atoms with Crippen LogP contribution in [0, 0.1) is 0 Å². The van der Waals surface area contributed by atoms with E-state index >= 15 is 0 Å². The number of benzene rings is 1. The number of rotatable bonds is 4. The number of nitrogens with two attached hydrogens (primary N) is 1. The fourth-order valence-corrected chi connectivity index (χ4v) is 3.84. The van der Waals surface area contributed by atoms with Crippen molar-refractivity contribution in [1.29, 1.82) is 0 Å². The SMILES string of the molecule is Nc1ccc2c(c1)nc(C1CC1)n2CCc1ccc(Cl)s1. The molecular weight excluding hydrogens is 302 g/mol. The van der Waals surface area contributed by atoms with Crippen molar-refractivity contribution in [2.24, 2.45) is 0 Å². The monoisotopic (exact) mass is 317 g/mol. The number of halogens is 1. The molecule has 0 saturated heterocycles. The topological polar surface area (TPSA) is 43.8 Å². The molecule has 5 heteroatoms. The van der Waals surface area contributed by atoms with Gasteiger partial charge >= 0.3 is 0 Å². The predicted octanol–water partition coefficient (Wildman–Crippen LogP) is 4.45. The normalized spacial score (nSPS) is 14.9. The van der Waals surface area contributed by atoms with Gasteiger partial charge < -0.3 is 10.3 Å². The van der Waals surface area contributed by atoms with Crippen LogP contribution in [0.4, 0.5) is 5.69 Å². The molecule has 0 unspecified atom stereocenters. The van der Waals surface area contributed by atoms with E-state index in [0.717, 1.165) is 28.5 Å². The van der Waals surface area contributed by atoms with Crippen LogP contribution in [0.5, 0.6) is 0 Å².